The molecule has 2 heterocycles. The number of rotatable bonds is 7. The quantitative estimate of drug-likeness (QED) is 0.431. The van der Waals surface area contributed by atoms with E-state index in [9.17, 15) is 8.42 Å². The number of oxazole rings is 1. The van der Waals surface area contributed by atoms with Gasteiger partial charge in [-0.05, 0) is 48.7 Å². The topological polar surface area (TPSA) is 75.4 Å². The van der Waals surface area contributed by atoms with Crippen molar-refractivity contribution in [3.63, 3.8) is 0 Å². The van der Waals surface area contributed by atoms with E-state index in [2.05, 4.69) is 10.3 Å². The van der Waals surface area contributed by atoms with E-state index < -0.39 is 10.0 Å². The molecule has 0 fully saturated rings. The number of thiophene rings is 1. The zero-order valence-corrected chi connectivity index (χ0v) is 18.2. The first-order valence-electron chi connectivity index (χ1n) is 9.33. The molecule has 0 saturated carbocycles. The normalized spacial score (nSPS) is 11.4. The van der Waals surface area contributed by atoms with Gasteiger partial charge < -0.3 is 9.73 Å². The zero-order valence-electron chi connectivity index (χ0n) is 16.6. The number of aromatic nitrogens is 1. The zero-order chi connectivity index (χ0) is 21.1. The third-order valence-corrected chi connectivity index (χ3v) is 7.34. The number of hydrogen-bond donors (Lipinski definition) is 1. The van der Waals surface area contributed by atoms with Gasteiger partial charge in [0.15, 0.2) is 0 Å². The van der Waals surface area contributed by atoms with Crippen molar-refractivity contribution in [2.24, 2.45) is 0 Å². The molecule has 0 aliphatic carbocycles. The number of benzene rings is 2. The molecule has 0 aliphatic heterocycles. The summed E-state index contributed by atoms with van der Waals surface area (Å²) in [5, 5.41) is 5.23. The molecule has 30 heavy (non-hydrogen) atoms. The molecule has 0 bridgehead atoms. The van der Waals surface area contributed by atoms with E-state index in [-0.39, 0.29) is 4.90 Å². The van der Waals surface area contributed by atoms with E-state index in [1.165, 1.54) is 4.31 Å². The van der Waals surface area contributed by atoms with Crippen LogP contribution in [0.15, 0.2) is 81.4 Å². The predicted molar refractivity (Wildman–Crippen MR) is 120 cm³/mol. The van der Waals surface area contributed by atoms with E-state index in [0.29, 0.717) is 23.8 Å². The molecule has 8 heteroatoms. The second-order valence-electron chi connectivity index (χ2n) is 6.69. The summed E-state index contributed by atoms with van der Waals surface area (Å²) in [6.45, 7) is 2.30. The summed E-state index contributed by atoms with van der Waals surface area (Å²) in [6, 6.07) is 19.7. The molecule has 1 N–H and O–H groups in total. The van der Waals surface area contributed by atoms with Crippen LogP contribution in [-0.4, -0.2) is 20.4 Å². The highest BCUT2D eigenvalue weighted by Crippen LogP contribution is 2.27. The van der Waals surface area contributed by atoms with Crippen LogP contribution in [-0.2, 0) is 16.6 Å². The van der Waals surface area contributed by atoms with Gasteiger partial charge in [0.05, 0.1) is 22.0 Å². The van der Waals surface area contributed by atoms with E-state index in [1.807, 2.05) is 48.7 Å². The summed E-state index contributed by atoms with van der Waals surface area (Å²) in [5.74, 6) is 1.33. The Morgan fingerprint density at radius 2 is 1.87 bits per heavy atom. The van der Waals surface area contributed by atoms with Crippen molar-refractivity contribution in [2.75, 3.05) is 16.7 Å². The van der Waals surface area contributed by atoms with Crippen LogP contribution in [0.4, 0.5) is 11.4 Å². The van der Waals surface area contributed by atoms with Gasteiger partial charge in [0.25, 0.3) is 10.0 Å². The maximum atomic E-state index is 13.0. The molecule has 4 rings (SSSR count). The fourth-order valence-corrected chi connectivity index (χ4v) is 4.88. The molecular formula is C22H21N3O3S2. The first-order valence-corrected chi connectivity index (χ1v) is 11.7. The molecule has 2 aromatic carbocycles. The van der Waals surface area contributed by atoms with Gasteiger partial charge in [0.2, 0.25) is 5.89 Å². The summed E-state index contributed by atoms with van der Waals surface area (Å²) < 4.78 is 33.1. The van der Waals surface area contributed by atoms with Crippen molar-refractivity contribution in [1.82, 2.24) is 4.98 Å². The Hall–Kier alpha value is -3.10. The van der Waals surface area contributed by atoms with Gasteiger partial charge in [-0.25, -0.2) is 13.4 Å². The lowest BCUT2D eigenvalue weighted by atomic mass is 10.3. The molecule has 0 spiro atoms. The highest BCUT2D eigenvalue weighted by Gasteiger charge is 2.21. The van der Waals surface area contributed by atoms with E-state index in [0.717, 1.165) is 16.3 Å². The highest BCUT2D eigenvalue weighted by molar-refractivity contribution is 7.92. The molecule has 0 aliphatic rings. The second kappa shape index (κ2) is 8.33. The van der Waals surface area contributed by atoms with Crippen LogP contribution in [0.2, 0.25) is 0 Å². The van der Waals surface area contributed by atoms with E-state index in [4.69, 9.17) is 4.42 Å². The Balaban J connectivity index is 1.52. The van der Waals surface area contributed by atoms with Gasteiger partial charge in [-0.3, -0.25) is 4.31 Å². The van der Waals surface area contributed by atoms with Crippen LogP contribution in [0, 0.1) is 6.92 Å². The molecule has 0 unspecified atom stereocenters. The Morgan fingerprint density at radius 1 is 1.07 bits per heavy atom. The van der Waals surface area contributed by atoms with Crippen LogP contribution in [0.3, 0.4) is 0 Å². The summed E-state index contributed by atoms with van der Waals surface area (Å²) in [5.41, 5.74) is 2.08. The van der Waals surface area contributed by atoms with Gasteiger partial charge in [-0.15, -0.1) is 11.3 Å². The highest BCUT2D eigenvalue weighted by atomic mass is 32.2. The molecule has 0 atom stereocenters. The number of anilines is 2. The number of para-hydroxylation sites is 1. The van der Waals surface area contributed by atoms with Crippen molar-refractivity contribution in [1.29, 1.82) is 0 Å². The number of hydrogen-bond acceptors (Lipinski definition) is 6. The Kier molecular flexibility index (Phi) is 5.61. The molecule has 6 nitrogen and oxygen atoms in total. The number of sulfonamides is 1. The van der Waals surface area contributed by atoms with Gasteiger partial charge in [-0.2, -0.15) is 0 Å². The fourth-order valence-electron chi connectivity index (χ4n) is 2.98. The van der Waals surface area contributed by atoms with Crippen LogP contribution in [0.5, 0.6) is 0 Å². The third kappa shape index (κ3) is 4.10. The predicted octanol–water partition coefficient (Wildman–Crippen LogP) is 5.15. The minimum absolute atomic E-state index is 0.218. The number of nitrogens with zero attached hydrogens (tertiary/aromatic N) is 2. The van der Waals surface area contributed by atoms with Crippen molar-refractivity contribution >= 4 is 32.7 Å². The van der Waals surface area contributed by atoms with Crippen molar-refractivity contribution in [3.8, 4) is 10.8 Å². The summed E-state index contributed by atoms with van der Waals surface area (Å²) in [7, 11) is -2.12. The molecule has 0 amide bonds. The summed E-state index contributed by atoms with van der Waals surface area (Å²) in [6.07, 6.45) is 0. The minimum Gasteiger partial charge on any atom is -0.440 e. The van der Waals surface area contributed by atoms with Crippen LogP contribution in [0.1, 0.15) is 11.5 Å². The number of nitrogens with one attached hydrogen (secondary N) is 1. The standard InChI is InChI=1S/C22H21N3O3S2/c1-16-20(24-22(28-16)21-12-7-13-29-21)15-23-17-8-6-11-19(14-17)30(26,27)25(2)18-9-4-3-5-10-18/h3-14,23H,15H2,1-2H3. The SMILES string of the molecule is Cc1oc(-c2cccs2)nc1CNc1cccc(S(=O)(=O)N(C)c2ccccc2)c1. The Bertz CT molecular complexity index is 1230. The van der Waals surface area contributed by atoms with Crippen molar-refractivity contribution in [2.45, 2.75) is 18.4 Å². The monoisotopic (exact) mass is 439 g/mol. The van der Waals surface area contributed by atoms with Gasteiger partial charge in [-0.1, -0.05) is 30.3 Å². The van der Waals surface area contributed by atoms with Crippen molar-refractivity contribution < 1.29 is 12.8 Å². The lowest BCUT2D eigenvalue weighted by molar-refractivity contribution is 0.541. The van der Waals surface area contributed by atoms with E-state index >= 15 is 0 Å². The Morgan fingerprint density at radius 3 is 2.60 bits per heavy atom. The summed E-state index contributed by atoms with van der Waals surface area (Å²) >= 11 is 1.57. The van der Waals surface area contributed by atoms with Crippen LogP contribution in [0.25, 0.3) is 10.8 Å². The largest absolute Gasteiger partial charge is 0.440 e. The second-order valence-corrected chi connectivity index (χ2v) is 9.61. The summed E-state index contributed by atoms with van der Waals surface area (Å²) in [4.78, 5) is 5.75. The van der Waals surface area contributed by atoms with Gasteiger partial charge in [0.1, 0.15) is 11.5 Å². The third-order valence-electron chi connectivity index (χ3n) is 4.70. The van der Waals surface area contributed by atoms with Crippen LogP contribution >= 0.6 is 11.3 Å². The molecule has 2 aromatic heterocycles. The average Bonchev–Trinajstić information content (AvgIpc) is 3.42. The minimum atomic E-state index is -3.67. The molecule has 4 aromatic rings. The van der Waals surface area contributed by atoms with Gasteiger partial charge >= 0.3 is 0 Å². The molecular weight excluding hydrogens is 418 g/mol. The first-order chi connectivity index (χ1) is 14.4. The molecule has 0 radical (unpaired) electrons. The maximum Gasteiger partial charge on any atom is 0.264 e. The Labute approximate surface area is 179 Å². The lowest BCUT2D eigenvalue weighted by Gasteiger charge is -2.20. The van der Waals surface area contributed by atoms with E-state index in [1.54, 1.807) is 48.7 Å². The maximum absolute atomic E-state index is 13.0. The first kappa shape index (κ1) is 20.2. The average molecular weight is 440 g/mol. The fraction of sp³-hybridized carbons (Fsp3) is 0.136. The lowest BCUT2D eigenvalue weighted by Crippen LogP contribution is -2.26. The molecule has 154 valence electrons. The number of aryl methyl sites for hydroxylation is 1. The smallest absolute Gasteiger partial charge is 0.264 e. The van der Waals surface area contributed by atoms with Crippen molar-refractivity contribution in [3.05, 3.63) is 83.6 Å². The van der Waals surface area contributed by atoms with Crippen LogP contribution < -0.4 is 9.62 Å². The van der Waals surface area contributed by atoms with Gasteiger partial charge in [0, 0.05) is 12.7 Å². The molecule has 0 saturated heterocycles.